The van der Waals surface area contributed by atoms with Crippen LogP contribution in [0.5, 0.6) is 0 Å². The maximum absolute atomic E-state index is 13.7. The highest BCUT2D eigenvalue weighted by Gasteiger charge is 2.40. The highest BCUT2D eigenvalue weighted by atomic mass is 32.2. The molecule has 9 nitrogen and oxygen atoms in total. The van der Waals surface area contributed by atoms with Crippen LogP contribution >= 0.6 is 11.3 Å². The van der Waals surface area contributed by atoms with E-state index in [0.29, 0.717) is 27.4 Å². The van der Waals surface area contributed by atoms with Gasteiger partial charge in [-0.3, -0.25) is 4.79 Å². The highest BCUT2D eigenvalue weighted by Crippen LogP contribution is 2.38. The summed E-state index contributed by atoms with van der Waals surface area (Å²) in [7, 11) is -4.58. The summed E-state index contributed by atoms with van der Waals surface area (Å²) in [6, 6.07) is 2.15. The Balaban J connectivity index is 1.80. The first-order chi connectivity index (χ1) is 15.6. The van der Waals surface area contributed by atoms with Crippen molar-refractivity contribution in [3.63, 3.8) is 0 Å². The molecule has 1 saturated heterocycles. The number of benzene rings is 1. The minimum Gasteiger partial charge on any atom is -0.383 e. The second kappa shape index (κ2) is 8.00. The van der Waals surface area contributed by atoms with E-state index in [1.165, 1.54) is 22.4 Å². The van der Waals surface area contributed by atoms with Gasteiger partial charge in [0.2, 0.25) is 20.9 Å². The molecule has 1 aliphatic rings. The molecule has 4 rings (SSSR count). The number of nitrogens with one attached hydrogen (secondary N) is 1. The fourth-order valence-corrected chi connectivity index (χ4v) is 6.06. The quantitative estimate of drug-likeness (QED) is 0.537. The van der Waals surface area contributed by atoms with E-state index < -0.39 is 38.3 Å². The first kappa shape index (κ1) is 24.6. The number of alkyl halides is 3. The Bertz CT molecular complexity index is 1380. The molecule has 0 radical (unpaired) electrons. The number of sulfonamides is 1. The van der Waals surface area contributed by atoms with Crippen molar-refractivity contribution in [3.8, 4) is 11.3 Å². The summed E-state index contributed by atoms with van der Waals surface area (Å²) in [6.07, 6.45) is -4.91. The van der Waals surface area contributed by atoms with E-state index in [0.717, 1.165) is 17.4 Å². The molecule has 14 heteroatoms. The van der Waals surface area contributed by atoms with Crippen LogP contribution in [0, 0.1) is 6.92 Å². The van der Waals surface area contributed by atoms with Gasteiger partial charge in [-0.15, -0.1) is 0 Å². The molecule has 0 atom stereocenters. The number of aryl methyl sites for hydroxylation is 1. The third-order valence-electron chi connectivity index (χ3n) is 5.40. The number of fused-ring (bicyclic) bond motifs is 1. The molecule has 1 aliphatic heterocycles. The number of rotatable bonds is 5. The van der Waals surface area contributed by atoms with Crippen molar-refractivity contribution in [2.75, 3.05) is 13.1 Å². The SMILES string of the molecule is CC(=O)N1CC(NS(=O)(=O)c2cc(-c3c(C)nc4sc(C(C)(C)O)nn34)ccc2C(F)(F)F)C1. The summed E-state index contributed by atoms with van der Waals surface area (Å²) in [5, 5.41) is 14.9. The van der Waals surface area contributed by atoms with Crippen molar-refractivity contribution in [1.82, 2.24) is 24.2 Å². The van der Waals surface area contributed by atoms with Gasteiger partial charge >= 0.3 is 6.18 Å². The van der Waals surface area contributed by atoms with E-state index in [1.807, 2.05) is 0 Å². The van der Waals surface area contributed by atoms with Crippen molar-refractivity contribution in [1.29, 1.82) is 0 Å². The van der Waals surface area contributed by atoms with Crippen molar-refractivity contribution in [3.05, 3.63) is 34.5 Å². The van der Waals surface area contributed by atoms with Crippen LogP contribution in [-0.2, 0) is 26.6 Å². The molecular formula is C20H22F3N5O4S2. The van der Waals surface area contributed by atoms with Gasteiger partial charge < -0.3 is 10.0 Å². The number of likely N-dealkylation sites (tertiary alicyclic amines) is 1. The molecule has 1 aromatic carbocycles. The molecule has 34 heavy (non-hydrogen) atoms. The van der Waals surface area contributed by atoms with Crippen LogP contribution in [0.4, 0.5) is 13.2 Å². The Morgan fingerprint density at radius 3 is 2.47 bits per heavy atom. The smallest absolute Gasteiger partial charge is 0.383 e. The molecule has 0 bridgehead atoms. The molecule has 184 valence electrons. The molecular weight excluding hydrogens is 495 g/mol. The zero-order chi connectivity index (χ0) is 25.2. The Morgan fingerprint density at radius 1 is 1.26 bits per heavy atom. The van der Waals surface area contributed by atoms with Crippen LogP contribution in [0.1, 0.15) is 37.0 Å². The summed E-state index contributed by atoms with van der Waals surface area (Å²) in [5.41, 5.74) is -1.64. The number of carbonyl (C=O) groups excluding carboxylic acids is 1. The number of nitrogens with zero attached hydrogens (tertiary/aromatic N) is 4. The fourth-order valence-electron chi connectivity index (χ4n) is 3.65. The van der Waals surface area contributed by atoms with E-state index in [9.17, 15) is 31.5 Å². The largest absolute Gasteiger partial charge is 0.417 e. The number of hydrogen-bond acceptors (Lipinski definition) is 7. The summed E-state index contributed by atoms with van der Waals surface area (Å²) in [4.78, 5) is 16.6. The molecule has 0 aliphatic carbocycles. The maximum Gasteiger partial charge on any atom is 0.417 e. The van der Waals surface area contributed by atoms with Gasteiger partial charge in [-0.1, -0.05) is 17.4 Å². The zero-order valence-electron chi connectivity index (χ0n) is 18.6. The summed E-state index contributed by atoms with van der Waals surface area (Å²) < 4.78 is 70.8. The number of carbonyl (C=O) groups is 1. The van der Waals surface area contributed by atoms with Gasteiger partial charge in [-0.25, -0.2) is 22.6 Å². The minimum absolute atomic E-state index is 0.0799. The van der Waals surface area contributed by atoms with Crippen LogP contribution < -0.4 is 4.72 Å². The van der Waals surface area contributed by atoms with Crippen LogP contribution in [0.15, 0.2) is 23.1 Å². The number of halogens is 3. The lowest BCUT2D eigenvalue weighted by atomic mass is 10.1. The number of imidazole rings is 1. The monoisotopic (exact) mass is 517 g/mol. The standard InChI is InChI=1S/C20H22F3N5O4S2/c1-10-16(28-18(24-10)33-17(25-28)19(3,4)30)12-5-6-14(20(21,22)23)15(7-12)34(31,32)26-13-8-27(9-13)11(2)29/h5-7,13,26,30H,8-9H2,1-4H3. The van der Waals surface area contributed by atoms with E-state index in [2.05, 4.69) is 14.8 Å². The zero-order valence-corrected chi connectivity index (χ0v) is 20.3. The van der Waals surface area contributed by atoms with Crippen LogP contribution in [0.3, 0.4) is 0 Å². The Hall–Kier alpha value is -2.55. The number of aromatic nitrogens is 3. The Kier molecular flexibility index (Phi) is 5.78. The molecule has 1 amide bonds. The van der Waals surface area contributed by atoms with Crippen molar-refractivity contribution in [2.45, 2.75) is 50.4 Å². The highest BCUT2D eigenvalue weighted by molar-refractivity contribution is 7.89. The summed E-state index contributed by atoms with van der Waals surface area (Å²) >= 11 is 1.12. The van der Waals surface area contributed by atoms with Gasteiger partial charge in [-0.05, 0) is 32.9 Å². The van der Waals surface area contributed by atoms with Crippen LogP contribution in [-0.4, -0.2) is 58.1 Å². The maximum atomic E-state index is 13.7. The van der Waals surface area contributed by atoms with Crippen LogP contribution in [0.2, 0.25) is 0 Å². The Labute approximate surface area is 197 Å². The number of hydrogen-bond donors (Lipinski definition) is 2. The average Bonchev–Trinajstić information content (AvgIpc) is 3.19. The molecule has 0 saturated carbocycles. The number of aliphatic hydroxyl groups is 1. The fraction of sp³-hybridized carbons (Fsp3) is 0.450. The number of amides is 1. The molecule has 0 unspecified atom stereocenters. The third-order valence-corrected chi connectivity index (χ3v) is 8.18. The second-order valence-corrected chi connectivity index (χ2v) is 11.3. The normalized spacial score (nSPS) is 15.7. The second-order valence-electron chi connectivity index (χ2n) is 8.66. The third kappa shape index (κ3) is 4.42. The topological polar surface area (TPSA) is 117 Å². The van der Waals surface area contributed by atoms with Crippen LogP contribution in [0.25, 0.3) is 16.2 Å². The summed E-state index contributed by atoms with van der Waals surface area (Å²) in [6.45, 7) is 6.20. The lowest BCUT2D eigenvalue weighted by Crippen LogP contribution is -2.60. The predicted octanol–water partition coefficient (Wildman–Crippen LogP) is 2.52. The van der Waals surface area contributed by atoms with Crippen molar-refractivity contribution >= 4 is 32.2 Å². The van der Waals surface area contributed by atoms with E-state index >= 15 is 0 Å². The van der Waals surface area contributed by atoms with Gasteiger partial charge in [-0.2, -0.15) is 18.3 Å². The van der Waals surface area contributed by atoms with E-state index in [1.54, 1.807) is 20.8 Å². The molecule has 3 aromatic rings. The molecule has 2 N–H and O–H groups in total. The van der Waals surface area contributed by atoms with E-state index in [-0.39, 0.29) is 24.6 Å². The van der Waals surface area contributed by atoms with Gasteiger partial charge in [0.15, 0.2) is 0 Å². The van der Waals surface area contributed by atoms with Gasteiger partial charge in [0.05, 0.1) is 27.9 Å². The molecule has 1 fully saturated rings. The minimum atomic E-state index is -4.91. The lowest BCUT2D eigenvalue weighted by Gasteiger charge is -2.38. The molecule has 0 spiro atoms. The lowest BCUT2D eigenvalue weighted by molar-refractivity contribution is -0.139. The molecule has 2 aromatic heterocycles. The van der Waals surface area contributed by atoms with Gasteiger partial charge in [0.1, 0.15) is 10.6 Å². The first-order valence-electron chi connectivity index (χ1n) is 10.2. The van der Waals surface area contributed by atoms with Crippen molar-refractivity contribution < 1.29 is 31.5 Å². The first-order valence-corrected chi connectivity index (χ1v) is 12.5. The average molecular weight is 518 g/mol. The van der Waals surface area contributed by atoms with E-state index in [4.69, 9.17) is 0 Å². The van der Waals surface area contributed by atoms with Gasteiger partial charge in [0, 0.05) is 25.6 Å². The Morgan fingerprint density at radius 2 is 1.91 bits per heavy atom. The van der Waals surface area contributed by atoms with Gasteiger partial charge in [0.25, 0.3) is 0 Å². The molecule has 3 heterocycles. The summed E-state index contributed by atoms with van der Waals surface area (Å²) in [5.74, 6) is -0.248. The van der Waals surface area contributed by atoms with Crippen molar-refractivity contribution in [2.24, 2.45) is 0 Å². The predicted molar refractivity (Wildman–Crippen MR) is 118 cm³/mol.